The van der Waals surface area contributed by atoms with Gasteiger partial charge in [0, 0.05) is 11.8 Å². The van der Waals surface area contributed by atoms with E-state index < -0.39 is 0 Å². The minimum atomic E-state index is -0.113. The Morgan fingerprint density at radius 3 is 2.38 bits per heavy atom. The molecule has 1 heterocycles. The van der Waals surface area contributed by atoms with Crippen molar-refractivity contribution in [1.82, 2.24) is 3.97 Å². The normalized spacial score (nSPS) is 10.4. The lowest BCUT2D eigenvalue weighted by atomic mass is 10.1. The van der Waals surface area contributed by atoms with Crippen LogP contribution in [0.5, 0.6) is 11.5 Å². The van der Waals surface area contributed by atoms with Crippen molar-refractivity contribution < 1.29 is 18.8 Å². The molecule has 24 heavy (non-hydrogen) atoms. The molecule has 122 valence electrons. The second-order valence-corrected chi connectivity index (χ2v) is 5.49. The van der Waals surface area contributed by atoms with E-state index in [0.29, 0.717) is 22.8 Å². The van der Waals surface area contributed by atoms with Gasteiger partial charge < -0.3 is 9.62 Å². The summed E-state index contributed by atoms with van der Waals surface area (Å²) in [6.07, 6.45) is 1.73. The number of hydrogen-bond acceptors (Lipinski definition) is 5. The number of para-hydroxylation sites is 1. The lowest BCUT2D eigenvalue weighted by Crippen LogP contribution is -2.07. The number of ether oxygens (including phenoxy) is 1. The van der Waals surface area contributed by atoms with Crippen LogP contribution in [0, 0.1) is 0 Å². The van der Waals surface area contributed by atoms with Crippen molar-refractivity contribution in [2.24, 2.45) is 0 Å². The molecule has 3 aromatic rings. The van der Waals surface area contributed by atoms with Gasteiger partial charge in [-0.25, -0.2) is 0 Å². The summed E-state index contributed by atoms with van der Waals surface area (Å²) in [4.78, 5) is 17.8. The zero-order valence-corrected chi connectivity index (χ0v) is 13.7. The highest BCUT2D eigenvalue weighted by Crippen LogP contribution is 2.20. The fourth-order valence-corrected chi connectivity index (χ4v) is 2.58. The minimum Gasteiger partial charge on any atom is -0.497 e. The van der Waals surface area contributed by atoms with Gasteiger partial charge in [-0.15, -0.1) is 0 Å². The first-order valence-corrected chi connectivity index (χ1v) is 7.90. The third-order valence-electron chi connectivity index (χ3n) is 3.28. The van der Waals surface area contributed by atoms with Crippen LogP contribution < -0.4 is 9.62 Å². The zero-order valence-electron chi connectivity index (χ0n) is 12.9. The summed E-state index contributed by atoms with van der Waals surface area (Å²) < 4.78 is 11.8. The van der Waals surface area contributed by atoms with Crippen LogP contribution in [0.25, 0.3) is 0 Å². The molecule has 0 atom stereocenters. The summed E-state index contributed by atoms with van der Waals surface area (Å²) in [5.41, 5.74) is 1.06. The fraction of sp³-hybridized carbons (Fsp3) is 0.0556. The van der Waals surface area contributed by atoms with Crippen molar-refractivity contribution in [1.29, 1.82) is 0 Å². The van der Waals surface area contributed by atoms with Gasteiger partial charge in [0.1, 0.15) is 11.4 Å². The average molecular weight is 341 g/mol. The quantitative estimate of drug-likeness (QED) is 0.280. The molecule has 0 saturated heterocycles. The molecule has 0 amide bonds. The Kier molecular flexibility index (Phi) is 5.20. The number of carbonyl (C=O) groups excluding carboxylic acids is 1. The van der Waals surface area contributed by atoms with Crippen LogP contribution >= 0.6 is 12.2 Å². The van der Waals surface area contributed by atoms with E-state index in [0.717, 1.165) is 12.2 Å². The largest absolute Gasteiger partial charge is 0.497 e. The summed E-state index contributed by atoms with van der Waals surface area (Å²) in [5, 5.41) is 0. The lowest BCUT2D eigenvalue weighted by molar-refractivity contribution is -0.0786. The first-order chi connectivity index (χ1) is 11.8. The standard InChI is InChI=1S/C18H15NO4S/c1-21-15-11-9-14(10-12-15)18(20)17-8-5-13-19(17)24-23-22-16-6-3-2-4-7-16/h2-13H,1H3. The third kappa shape index (κ3) is 3.79. The van der Waals surface area contributed by atoms with Gasteiger partial charge >= 0.3 is 0 Å². The molecule has 3 rings (SSSR count). The Morgan fingerprint density at radius 1 is 0.917 bits per heavy atom. The van der Waals surface area contributed by atoms with Crippen molar-refractivity contribution in [2.45, 2.75) is 0 Å². The summed E-state index contributed by atoms with van der Waals surface area (Å²) in [6.45, 7) is 0. The van der Waals surface area contributed by atoms with Gasteiger partial charge in [-0.3, -0.25) is 8.77 Å². The van der Waals surface area contributed by atoms with E-state index in [9.17, 15) is 4.79 Å². The molecular formula is C18H15NO4S. The Labute approximate surface area is 144 Å². The summed E-state index contributed by atoms with van der Waals surface area (Å²) in [7, 11) is 1.59. The number of ketones is 1. The lowest BCUT2D eigenvalue weighted by Gasteiger charge is -2.07. The number of aromatic nitrogens is 1. The Hall–Kier alpha value is -2.70. The van der Waals surface area contributed by atoms with Crippen LogP contribution in [-0.2, 0) is 4.33 Å². The van der Waals surface area contributed by atoms with E-state index in [1.54, 1.807) is 65.8 Å². The van der Waals surface area contributed by atoms with Crippen molar-refractivity contribution in [3.63, 3.8) is 0 Å². The molecule has 0 saturated carbocycles. The molecule has 0 spiro atoms. The molecule has 0 aliphatic carbocycles. The predicted octanol–water partition coefficient (Wildman–Crippen LogP) is 4.15. The molecule has 0 N–H and O–H groups in total. The van der Waals surface area contributed by atoms with Gasteiger partial charge in [0.05, 0.1) is 7.11 Å². The average Bonchev–Trinajstić information content (AvgIpc) is 3.10. The molecule has 6 heteroatoms. The Balaban J connectivity index is 1.66. The second-order valence-electron chi connectivity index (χ2n) is 4.82. The van der Waals surface area contributed by atoms with Crippen molar-refractivity contribution in [2.75, 3.05) is 7.11 Å². The van der Waals surface area contributed by atoms with Gasteiger partial charge in [-0.1, -0.05) is 22.5 Å². The number of rotatable bonds is 7. The van der Waals surface area contributed by atoms with Gasteiger partial charge in [-0.2, -0.15) is 0 Å². The van der Waals surface area contributed by atoms with Crippen molar-refractivity contribution in [3.8, 4) is 11.5 Å². The van der Waals surface area contributed by atoms with Crippen molar-refractivity contribution in [3.05, 3.63) is 84.2 Å². The number of benzene rings is 2. The fourth-order valence-electron chi connectivity index (χ4n) is 2.06. The second kappa shape index (κ2) is 7.72. The zero-order chi connectivity index (χ0) is 16.8. The molecule has 5 nitrogen and oxygen atoms in total. The van der Waals surface area contributed by atoms with E-state index in [1.807, 2.05) is 18.2 Å². The number of carbonyl (C=O) groups is 1. The van der Waals surface area contributed by atoms with Crippen LogP contribution in [0.4, 0.5) is 0 Å². The first-order valence-electron chi connectivity index (χ1n) is 7.21. The summed E-state index contributed by atoms with van der Waals surface area (Å²) in [6, 6.07) is 19.6. The molecule has 0 bridgehead atoms. The van der Waals surface area contributed by atoms with Crippen LogP contribution in [0.1, 0.15) is 16.1 Å². The number of hydrogen-bond donors (Lipinski definition) is 0. The van der Waals surface area contributed by atoms with Crippen LogP contribution in [-0.4, -0.2) is 16.9 Å². The maximum Gasteiger partial charge on any atom is 0.210 e. The Bertz CT molecular complexity index is 799. The van der Waals surface area contributed by atoms with E-state index in [4.69, 9.17) is 14.0 Å². The van der Waals surface area contributed by atoms with E-state index in [-0.39, 0.29) is 5.78 Å². The molecule has 0 radical (unpaired) electrons. The smallest absolute Gasteiger partial charge is 0.210 e. The van der Waals surface area contributed by atoms with Crippen LogP contribution in [0.2, 0.25) is 0 Å². The van der Waals surface area contributed by atoms with E-state index in [1.165, 1.54) is 0 Å². The highest BCUT2D eigenvalue weighted by molar-refractivity contribution is 7.93. The molecule has 0 fully saturated rings. The van der Waals surface area contributed by atoms with E-state index in [2.05, 4.69) is 0 Å². The SMILES string of the molecule is COc1ccc(C(=O)c2cccn2SOOc2ccccc2)cc1. The first kappa shape index (κ1) is 16.2. The molecule has 0 aliphatic heterocycles. The maximum atomic E-state index is 12.6. The molecule has 1 aromatic heterocycles. The van der Waals surface area contributed by atoms with Crippen LogP contribution in [0.3, 0.4) is 0 Å². The Morgan fingerprint density at radius 2 is 1.67 bits per heavy atom. The van der Waals surface area contributed by atoms with Gasteiger partial charge in [0.25, 0.3) is 0 Å². The van der Waals surface area contributed by atoms with Gasteiger partial charge in [0.2, 0.25) is 5.78 Å². The summed E-state index contributed by atoms with van der Waals surface area (Å²) in [5.74, 6) is 1.18. The number of methoxy groups -OCH3 is 1. The molecule has 0 aliphatic rings. The minimum absolute atomic E-state index is 0.113. The van der Waals surface area contributed by atoms with Gasteiger partial charge in [-0.05, 0) is 48.5 Å². The summed E-state index contributed by atoms with van der Waals surface area (Å²) >= 11 is 0.928. The third-order valence-corrected chi connectivity index (χ3v) is 3.89. The molecule has 0 unspecified atom stereocenters. The molecular weight excluding hydrogens is 326 g/mol. The number of nitrogens with zero attached hydrogens (tertiary/aromatic N) is 1. The highest BCUT2D eigenvalue weighted by atomic mass is 32.2. The molecule has 2 aromatic carbocycles. The topological polar surface area (TPSA) is 49.7 Å². The maximum absolute atomic E-state index is 12.6. The van der Waals surface area contributed by atoms with Crippen molar-refractivity contribution >= 4 is 18.0 Å². The highest BCUT2D eigenvalue weighted by Gasteiger charge is 2.14. The predicted molar refractivity (Wildman–Crippen MR) is 92.0 cm³/mol. The van der Waals surface area contributed by atoms with Crippen LogP contribution in [0.15, 0.2) is 72.9 Å². The monoisotopic (exact) mass is 341 g/mol. The van der Waals surface area contributed by atoms with Gasteiger partial charge in [0.15, 0.2) is 18.0 Å². The van der Waals surface area contributed by atoms with E-state index >= 15 is 0 Å².